The van der Waals surface area contributed by atoms with Gasteiger partial charge in [0.25, 0.3) is 0 Å². The minimum absolute atomic E-state index is 0.213. The Bertz CT molecular complexity index is 264. The average molecular weight is 243 g/mol. The lowest BCUT2D eigenvalue weighted by atomic mass is 9.89. The molecular formula is C13H25NO3. The van der Waals surface area contributed by atoms with E-state index < -0.39 is 5.60 Å². The van der Waals surface area contributed by atoms with Gasteiger partial charge < -0.3 is 14.7 Å². The molecule has 4 heteroatoms. The Kier molecular flexibility index (Phi) is 4.42. The molecule has 4 nitrogen and oxygen atoms in total. The summed E-state index contributed by atoms with van der Waals surface area (Å²) in [5.74, 6) is 0.700. The second-order valence-electron chi connectivity index (χ2n) is 6.34. The van der Waals surface area contributed by atoms with Crippen molar-refractivity contribution in [3.05, 3.63) is 0 Å². The Labute approximate surface area is 104 Å². The van der Waals surface area contributed by atoms with E-state index in [1.807, 2.05) is 20.8 Å². The number of hydrogen-bond donors (Lipinski definition) is 1. The SMILES string of the molecule is CC(C)C[C@H](O)C1CN(C(=O)OC(C)(C)C)C1. The fraction of sp³-hybridized carbons (Fsp3) is 0.923. The molecule has 0 aromatic heterocycles. The van der Waals surface area contributed by atoms with Crippen LogP contribution in [0.3, 0.4) is 0 Å². The summed E-state index contributed by atoms with van der Waals surface area (Å²) in [7, 11) is 0. The first kappa shape index (κ1) is 14.3. The molecule has 1 aliphatic rings. The lowest BCUT2D eigenvalue weighted by molar-refractivity contribution is -0.0349. The van der Waals surface area contributed by atoms with Gasteiger partial charge in [-0.25, -0.2) is 4.79 Å². The standard InChI is InChI=1S/C13H25NO3/c1-9(2)6-11(15)10-7-14(8-10)12(16)17-13(3,4)5/h9-11,15H,6-8H2,1-5H3/t11-/m0/s1. The number of hydrogen-bond acceptors (Lipinski definition) is 3. The van der Waals surface area contributed by atoms with Crippen molar-refractivity contribution in [1.29, 1.82) is 0 Å². The van der Waals surface area contributed by atoms with E-state index in [1.165, 1.54) is 0 Å². The van der Waals surface area contributed by atoms with Crippen molar-refractivity contribution in [1.82, 2.24) is 4.90 Å². The van der Waals surface area contributed by atoms with Crippen LogP contribution in [0.25, 0.3) is 0 Å². The molecule has 17 heavy (non-hydrogen) atoms. The van der Waals surface area contributed by atoms with Gasteiger partial charge in [-0.1, -0.05) is 13.8 Å². The van der Waals surface area contributed by atoms with E-state index >= 15 is 0 Å². The number of likely N-dealkylation sites (tertiary alicyclic amines) is 1. The van der Waals surface area contributed by atoms with Crippen molar-refractivity contribution < 1.29 is 14.6 Å². The molecule has 1 rings (SSSR count). The second kappa shape index (κ2) is 5.25. The summed E-state index contributed by atoms with van der Waals surface area (Å²) < 4.78 is 5.26. The van der Waals surface area contributed by atoms with Crippen LogP contribution in [-0.2, 0) is 4.74 Å². The highest BCUT2D eigenvalue weighted by atomic mass is 16.6. The van der Waals surface area contributed by atoms with Gasteiger partial charge in [0.05, 0.1) is 6.10 Å². The van der Waals surface area contributed by atoms with Crippen molar-refractivity contribution >= 4 is 6.09 Å². The largest absolute Gasteiger partial charge is 0.444 e. The molecular weight excluding hydrogens is 218 g/mol. The number of aliphatic hydroxyl groups is 1. The molecule has 1 saturated heterocycles. The maximum atomic E-state index is 11.7. The third-order valence-electron chi connectivity index (χ3n) is 2.82. The van der Waals surface area contributed by atoms with Crippen LogP contribution in [0.15, 0.2) is 0 Å². The lowest BCUT2D eigenvalue weighted by Gasteiger charge is -2.42. The lowest BCUT2D eigenvalue weighted by Crippen LogP contribution is -2.55. The summed E-state index contributed by atoms with van der Waals surface area (Å²) in [5.41, 5.74) is -0.446. The number of carbonyl (C=O) groups is 1. The first-order valence-electron chi connectivity index (χ1n) is 6.35. The quantitative estimate of drug-likeness (QED) is 0.827. The van der Waals surface area contributed by atoms with Gasteiger partial charge in [-0.3, -0.25) is 0 Å². The Morgan fingerprint density at radius 2 is 1.94 bits per heavy atom. The Balaban J connectivity index is 2.29. The van der Waals surface area contributed by atoms with Crippen molar-refractivity contribution in [3.63, 3.8) is 0 Å². The van der Waals surface area contributed by atoms with Crippen LogP contribution in [0.4, 0.5) is 4.79 Å². The Hall–Kier alpha value is -0.770. The molecule has 0 aliphatic carbocycles. The molecule has 1 fully saturated rings. The van der Waals surface area contributed by atoms with Crippen LogP contribution < -0.4 is 0 Å². The predicted octanol–water partition coefficient (Wildman–Crippen LogP) is 2.26. The number of aliphatic hydroxyl groups excluding tert-OH is 1. The molecule has 0 bridgehead atoms. The predicted molar refractivity (Wildman–Crippen MR) is 66.8 cm³/mol. The van der Waals surface area contributed by atoms with Crippen molar-refractivity contribution in [2.45, 2.75) is 52.7 Å². The van der Waals surface area contributed by atoms with Crippen molar-refractivity contribution in [2.24, 2.45) is 11.8 Å². The molecule has 1 N–H and O–H groups in total. The van der Waals surface area contributed by atoms with E-state index in [0.29, 0.717) is 19.0 Å². The van der Waals surface area contributed by atoms with E-state index in [1.54, 1.807) is 4.90 Å². The molecule has 0 aromatic rings. The van der Waals surface area contributed by atoms with Crippen LogP contribution in [0.1, 0.15) is 41.0 Å². The number of carbonyl (C=O) groups excluding carboxylic acids is 1. The molecule has 0 radical (unpaired) electrons. The number of rotatable bonds is 3. The summed E-state index contributed by atoms with van der Waals surface area (Å²) >= 11 is 0. The second-order valence-corrected chi connectivity index (χ2v) is 6.34. The van der Waals surface area contributed by atoms with Gasteiger partial charge in [0.15, 0.2) is 0 Å². The molecule has 1 aliphatic heterocycles. The summed E-state index contributed by atoms with van der Waals surface area (Å²) in [6.45, 7) is 11.0. The topological polar surface area (TPSA) is 49.8 Å². The molecule has 0 saturated carbocycles. The fourth-order valence-corrected chi connectivity index (χ4v) is 1.91. The van der Waals surface area contributed by atoms with E-state index in [2.05, 4.69) is 13.8 Å². The maximum Gasteiger partial charge on any atom is 0.410 e. The molecule has 1 heterocycles. The van der Waals surface area contributed by atoms with E-state index in [0.717, 1.165) is 6.42 Å². The fourth-order valence-electron chi connectivity index (χ4n) is 1.91. The Morgan fingerprint density at radius 1 is 1.41 bits per heavy atom. The molecule has 0 unspecified atom stereocenters. The monoisotopic (exact) mass is 243 g/mol. The zero-order chi connectivity index (χ0) is 13.2. The number of nitrogens with zero attached hydrogens (tertiary/aromatic N) is 1. The van der Waals surface area contributed by atoms with Crippen molar-refractivity contribution in [2.75, 3.05) is 13.1 Å². The molecule has 0 spiro atoms. The van der Waals surface area contributed by atoms with E-state index in [4.69, 9.17) is 4.74 Å². The Morgan fingerprint density at radius 3 is 2.35 bits per heavy atom. The van der Waals surface area contributed by atoms with Crippen LogP contribution >= 0.6 is 0 Å². The highest BCUT2D eigenvalue weighted by molar-refractivity contribution is 5.69. The van der Waals surface area contributed by atoms with Gasteiger partial charge in [0.1, 0.15) is 5.60 Å². The van der Waals surface area contributed by atoms with Gasteiger partial charge in [-0.15, -0.1) is 0 Å². The minimum atomic E-state index is -0.446. The van der Waals surface area contributed by atoms with Gasteiger partial charge >= 0.3 is 6.09 Å². The van der Waals surface area contributed by atoms with E-state index in [9.17, 15) is 9.90 Å². The summed E-state index contributed by atoms with van der Waals surface area (Å²) in [6.07, 6.45) is 0.228. The number of ether oxygens (including phenoxy) is 1. The summed E-state index contributed by atoms with van der Waals surface area (Å²) in [4.78, 5) is 13.3. The molecule has 100 valence electrons. The average Bonchev–Trinajstić information content (AvgIpc) is 1.94. The third-order valence-corrected chi connectivity index (χ3v) is 2.82. The summed E-state index contributed by atoms with van der Waals surface area (Å²) in [6, 6.07) is 0. The number of amides is 1. The van der Waals surface area contributed by atoms with Gasteiger partial charge in [-0.05, 0) is 33.1 Å². The normalized spacial score (nSPS) is 19.1. The van der Waals surface area contributed by atoms with Crippen molar-refractivity contribution in [3.8, 4) is 0 Å². The van der Waals surface area contributed by atoms with Crippen LogP contribution in [0.5, 0.6) is 0 Å². The van der Waals surface area contributed by atoms with Crippen LogP contribution in [0, 0.1) is 11.8 Å². The molecule has 0 aromatic carbocycles. The van der Waals surface area contributed by atoms with Gasteiger partial charge in [0, 0.05) is 19.0 Å². The highest BCUT2D eigenvalue weighted by Gasteiger charge is 2.37. The van der Waals surface area contributed by atoms with Gasteiger partial charge in [0.2, 0.25) is 0 Å². The molecule has 1 amide bonds. The van der Waals surface area contributed by atoms with Crippen LogP contribution in [-0.4, -0.2) is 40.9 Å². The zero-order valence-electron chi connectivity index (χ0n) is 11.6. The molecule has 1 atom stereocenters. The first-order valence-corrected chi connectivity index (χ1v) is 6.35. The smallest absolute Gasteiger partial charge is 0.410 e. The maximum absolute atomic E-state index is 11.7. The highest BCUT2D eigenvalue weighted by Crippen LogP contribution is 2.25. The minimum Gasteiger partial charge on any atom is -0.444 e. The van der Waals surface area contributed by atoms with Gasteiger partial charge in [-0.2, -0.15) is 0 Å². The third kappa shape index (κ3) is 4.54. The van der Waals surface area contributed by atoms with E-state index in [-0.39, 0.29) is 18.1 Å². The zero-order valence-corrected chi connectivity index (χ0v) is 11.6. The first-order chi connectivity index (χ1) is 7.69. The summed E-state index contributed by atoms with van der Waals surface area (Å²) in [5, 5.41) is 9.89. The van der Waals surface area contributed by atoms with Crippen LogP contribution in [0.2, 0.25) is 0 Å².